The lowest BCUT2D eigenvalue weighted by molar-refractivity contribution is -0.130. The van der Waals surface area contributed by atoms with Crippen LogP contribution in [0.4, 0.5) is 0 Å². The molecule has 3 rings (SSSR count). The zero-order valence-electron chi connectivity index (χ0n) is 16.8. The van der Waals surface area contributed by atoms with Gasteiger partial charge in [-0.2, -0.15) is 0 Å². The Morgan fingerprint density at radius 1 is 1.21 bits per heavy atom. The number of carbonyl (C=O) groups is 1. The highest BCUT2D eigenvalue weighted by molar-refractivity contribution is 7.99. The zero-order valence-corrected chi connectivity index (χ0v) is 18.3. The molecule has 2 heterocycles. The molecule has 0 unspecified atom stereocenters. The maximum absolute atomic E-state index is 12.6. The molecular weight excluding hydrogens is 394 g/mol. The Kier molecular flexibility index (Phi) is 7.01. The lowest BCUT2D eigenvalue weighted by Crippen LogP contribution is -2.49. The molecule has 0 atom stereocenters. The Morgan fingerprint density at radius 3 is 2.64 bits per heavy atom. The van der Waals surface area contributed by atoms with Crippen molar-refractivity contribution in [2.45, 2.75) is 32.3 Å². The van der Waals surface area contributed by atoms with Gasteiger partial charge in [0.1, 0.15) is 6.33 Å². The zero-order chi connectivity index (χ0) is 20.1. The summed E-state index contributed by atoms with van der Waals surface area (Å²) in [5.41, 5.74) is 1.24. The van der Waals surface area contributed by atoms with Crippen molar-refractivity contribution < 1.29 is 4.79 Å². The van der Waals surface area contributed by atoms with E-state index in [2.05, 4.69) is 35.9 Å². The van der Waals surface area contributed by atoms with E-state index in [1.54, 1.807) is 6.33 Å². The predicted molar refractivity (Wildman–Crippen MR) is 114 cm³/mol. The van der Waals surface area contributed by atoms with E-state index in [4.69, 9.17) is 11.6 Å². The first-order chi connectivity index (χ1) is 13.3. The van der Waals surface area contributed by atoms with Crippen molar-refractivity contribution in [3.63, 3.8) is 0 Å². The molecule has 1 amide bonds. The number of halogens is 1. The molecule has 8 heteroatoms. The number of hydrogen-bond donors (Lipinski definition) is 0. The fourth-order valence-corrected chi connectivity index (χ4v) is 4.07. The minimum Gasteiger partial charge on any atom is -0.339 e. The molecule has 1 fully saturated rings. The number of nitrogens with zero attached hydrogens (tertiary/aromatic N) is 5. The number of amides is 1. The molecule has 1 saturated heterocycles. The summed E-state index contributed by atoms with van der Waals surface area (Å²) in [6.45, 7) is 11.4. The Balaban J connectivity index is 1.49. The third kappa shape index (κ3) is 5.96. The van der Waals surface area contributed by atoms with E-state index in [1.165, 1.54) is 18.2 Å². The number of hydrogen-bond acceptors (Lipinski definition) is 5. The standard InChI is InChI=1S/C20H28ClN5OS/c1-20(2,3)7-8-24-9-11-25(12-10-24)18(27)14-28-19-23-22-15-26(19)17-6-4-5-16(21)13-17/h4-6,13,15H,7-12,14H2,1-3H3. The van der Waals surface area contributed by atoms with Crippen molar-refractivity contribution in [2.24, 2.45) is 5.41 Å². The van der Waals surface area contributed by atoms with Gasteiger partial charge in [-0.25, -0.2) is 0 Å². The molecule has 0 saturated carbocycles. The van der Waals surface area contributed by atoms with Gasteiger partial charge in [0.05, 0.1) is 11.4 Å². The molecule has 1 aliphatic heterocycles. The summed E-state index contributed by atoms with van der Waals surface area (Å²) < 4.78 is 1.86. The first-order valence-corrected chi connectivity index (χ1v) is 11.0. The summed E-state index contributed by atoms with van der Waals surface area (Å²) in [4.78, 5) is 17.0. The van der Waals surface area contributed by atoms with Crippen LogP contribution >= 0.6 is 23.4 Å². The van der Waals surface area contributed by atoms with Gasteiger partial charge in [0.25, 0.3) is 0 Å². The summed E-state index contributed by atoms with van der Waals surface area (Å²) in [6.07, 6.45) is 2.82. The highest BCUT2D eigenvalue weighted by Crippen LogP contribution is 2.22. The van der Waals surface area contributed by atoms with Crippen LogP contribution in [0.2, 0.25) is 5.02 Å². The quantitative estimate of drug-likeness (QED) is 0.667. The molecule has 1 aromatic carbocycles. The van der Waals surface area contributed by atoms with Gasteiger partial charge >= 0.3 is 0 Å². The molecule has 152 valence electrons. The second kappa shape index (κ2) is 9.29. The summed E-state index contributed by atoms with van der Waals surface area (Å²) >= 11 is 7.49. The summed E-state index contributed by atoms with van der Waals surface area (Å²) in [7, 11) is 0. The lowest BCUT2D eigenvalue weighted by Gasteiger charge is -2.36. The van der Waals surface area contributed by atoms with E-state index in [0.717, 1.165) is 38.4 Å². The average molecular weight is 422 g/mol. The third-order valence-electron chi connectivity index (χ3n) is 4.83. The molecule has 0 aliphatic carbocycles. The Morgan fingerprint density at radius 2 is 1.96 bits per heavy atom. The van der Waals surface area contributed by atoms with E-state index in [-0.39, 0.29) is 5.91 Å². The van der Waals surface area contributed by atoms with Crippen molar-refractivity contribution in [1.82, 2.24) is 24.6 Å². The normalized spacial score (nSPS) is 15.8. The van der Waals surface area contributed by atoms with E-state index in [0.29, 0.717) is 21.3 Å². The van der Waals surface area contributed by atoms with Crippen LogP contribution in [0, 0.1) is 5.41 Å². The van der Waals surface area contributed by atoms with Crippen molar-refractivity contribution in [3.8, 4) is 5.69 Å². The highest BCUT2D eigenvalue weighted by Gasteiger charge is 2.23. The summed E-state index contributed by atoms with van der Waals surface area (Å²) in [5.74, 6) is 0.516. The second-order valence-corrected chi connectivity index (χ2v) is 9.66. The first-order valence-electron chi connectivity index (χ1n) is 9.61. The van der Waals surface area contributed by atoms with Gasteiger partial charge in [0.2, 0.25) is 5.91 Å². The molecule has 1 aliphatic rings. The number of benzene rings is 1. The van der Waals surface area contributed by atoms with Crippen molar-refractivity contribution in [3.05, 3.63) is 35.6 Å². The topological polar surface area (TPSA) is 54.3 Å². The number of carbonyl (C=O) groups excluding carboxylic acids is 1. The number of thioether (sulfide) groups is 1. The van der Waals surface area contributed by atoms with Gasteiger partial charge in [-0.15, -0.1) is 10.2 Å². The Bertz CT molecular complexity index is 796. The van der Waals surface area contributed by atoms with Gasteiger partial charge < -0.3 is 4.90 Å². The number of piperazine rings is 1. The molecule has 1 aromatic heterocycles. The maximum atomic E-state index is 12.6. The van der Waals surface area contributed by atoms with Crippen LogP contribution < -0.4 is 0 Å². The first kappa shape index (κ1) is 21.1. The van der Waals surface area contributed by atoms with E-state index in [1.807, 2.05) is 33.7 Å². The van der Waals surface area contributed by atoms with Gasteiger partial charge in [-0.1, -0.05) is 50.2 Å². The van der Waals surface area contributed by atoms with Crippen LogP contribution in [0.1, 0.15) is 27.2 Å². The smallest absolute Gasteiger partial charge is 0.233 e. The van der Waals surface area contributed by atoms with Gasteiger partial charge in [-0.05, 0) is 36.6 Å². The fraction of sp³-hybridized carbons (Fsp3) is 0.550. The SMILES string of the molecule is CC(C)(C)CCN1CCN(C(=O)CSc2nncn2-c2cccc(Cl)c2)CC1. The molecular formula is C20H28ClN5OS. The molecule has 2 aromatic rings. The number of aromatic nitrogens is 3. The second-order valence-electron chi connectivity index (χ2n) is 8.29. The maximum Gasteiger partial charge on any atom is 0.233 e. The van der Waals surface area contributed by atoms with Gasteiger partial charge in [0.15, 0.2) is 5.16 Å². The van der Waals surface area contributed by atoms with Gasteiger partial charge in [0, 0.05) is 31.2 Å². The molecule has 0 radical (unpaired) electrons. The van der Waals surface area contributed by atoms with Crippen molar-refractivity contribution in [1.29, 1.82) is 0 Å². The minimum absolute atomic E-state index is 0.154. The summed E-state index contributed by atoms with van der Waals surface area (Å²) in [5, 5.41) is 9.49. The van der Waals surface area contributed by atoms with Crippen LogP contribution in [-0.2, 0) is 4.79 Å². The summed E-state index contributed by atoms with van der Waals surface area (Å²) in [6, 6.07) is 7.51. The minimum atomic E-state index is 0.154. The molecule has 0 N–H and O–H groups in total. The molecule has 0 bridgehead atoms. The number of rotatable bonds is 6. The largest absolute Gasteiger partial charge is 0.339 e. The van der Waals surface area contributed by atoms with Crippen LogP contribution in [-0.4, -0.2) is 68.9 Å². The molecule has 28 heavy (non-hydrogen) atoms. The predicted octanol–water partition coefficient (Wildman–Crippen LogP) is 3.59. The van der Waals surface area contributed by atoms with Crippen LogP contribution in [0.15, 0.2) is 35.7 Å². The van der Waals surface area contributed by atoms with E-state index >= 15 is 0 Å². The monoisotopic (exact) mass is 421 g/mol. The average Bonchev–Trinajstić information content (AvgIpc) is 3.13. The Labute approximate surface area is 176 Å². The van der Waals surface area contributed by atoms with E-state index < -0.39 is 0 Å². The lowest BCUT2D eigenvalue weighted by atomic mass is 9.92. The van der Waals surface area contributed by atoms with Crippen LogP contribution in [0.25, 0.3) is 5.69 Å². The fourth-order valence-electron chi connectivity index (χ4n) is 3.06. The van der Waals surface area contributed by atoms with Crippen molar-refractivity contribution in [2.75, 3.05) is 38.5 Å². The van der Waals surface area contributed by atoms with E-state index in [9.17, 15) is 4.79 Å². The van der Waals surface area contributed by atoms with Gasteiger partial charge in [-0.3, -0.25) is 14.3 Å². The van der Waals surface area contributed by atoms with Crippen molar-refractivity contribution >= 4 is 29.3 Å². The van der Waals surface area contributed by atoms with Crippen LogP contribution in [0.5, 0.6) is 0 Å². The molecule has 6 nitrogen and oxygen atoms in total. The third-order valence-corrected chi connectivity index (χ3v) is 5.99. The Hall–Kier alpha value is -1.57. The van der Waals surface area contributed by atoms with Crippen LogP contribution in [0.3, 0.4) is 0 Å². The highest BCUT2D eigenvalue weighted by atomic mass is 35.5. The molecule has 0 spiro atoms.